The number of anilines is 1. The van der Waals surface area contributed by atoms with Crippen molar-refractivity contribution in [3.8, 4) is 0 Å². The molecule has 0 heterocycles. The number of hydrogen-bond donors (Lipinski definition) is 3. The van der Waals surface area contributed by atoms with Crippen molar-refractivity contribution in [1.29, 1.82) is 0 Å². The molecule has 1 aromatic carbocycles. The summed E-state index contributed by atoms with van der Waals surface area (Å²) in [6.45, 7) is 4.27. The smallest absolute Gasteiger partial charge is 0.294 e. The highest BCUT2D eigenvalue weighted by molar-refractivity contribution is 6.01. The lowest BCUT2D eigenvalue weighted by Crippen LogP contribution is -2.37. The Balaban J connectivity index is 2.23. The lowest BCUT2D eigenvalue weighted by Gasteiger charge is -2.20. The summed E-state index contributed by atoms with van der Waals surface area (Å²) in [4.78, 5) is 22.8. The molecule has 1 saturated carbocycles. The number of nitro benzene ring substituents is 1. The number of para-hydroxylation sites is 1. The fraction of sp³-hybridized carbons (Fsp3) is 0.500. The highest BCUT2D eigenvalue weighted by Crippen LogP contribution is 2.32. The van der Waals surface area contributed by atoms with Crippen LogP contribution >= 0.6 is 0 Å². The lowest BCUT2D eigenvalue weighted by molar-refractivity contribution is -0.384. The van der Waals surface area contributed by atoms with E-state index in [4.69, 9.17) is 5.84 Å². The largest absolute Gasteiger partial charge is 0.349 e. The minimum atomic E-state index is -0.563. The number of rotatable bonds is 4. The molecule has 7 heteroatoms. The molecule has 0 aliphatic heterocycles. The van der Waals surface area contributed by atoms with E-state index in [-0.39, 0.29) is 28.9 Å². The Labute approximate surface area is 123 Å². The number of nitrogens with one attached hydrogen (secondary N) is 2. The van der Waals surface area contributed by atoms with E-state index >= 15 is 0 Å². The van der Waals surface area contributed by atoms with Crippen LogP contribution in [0.15, 0.2) is 18.2 Å². The summed E-state index contributed by atoms with van der Waals surface area (Å²) in [7, 11) is 0. The van der Waals surface area contributed by atoms with Crippen LogP contribution in [0.1, 0.15) is 37.0 Å². The number of nitrogen functional groups attached to an aromatic ring is 1. The Morgan fingerprint density at radius 1 is 1.38 bits per heavy atom. The number of benzene rings is 1. The normalized spacial score (nSPS) is 24.6. The van der Waals surface area contributed by atoms with Crippen LogP contribution in [0.2, 0.25) is 0 Å². The quantitative estimate of drug-likeness (QED) is 0.447. The third kappa shape index (κ3) is 2.97. The number of carbonyl (C=O) groups is 1. The first-order valence-corrected chi connectivity index (χ1v) is 7.00. The summed E-state index contributed by atoms with van der Waals surface area (Å²) in [5.74, 6) is 5.97. The fourth-order valence-corrected chi connectivity index (χ4v) is 2.85. The zero-order chi connectivity index (χ0) is 15.6. The predicted octanol–water partition coefficient (Wildman–Crippen LogP) is 2.04. The second kappa shape index (κ2) is 6.09. The van der Waals surface area contributed by atoms with Gasteiger partial charge in [0.1, 0.15) is 5.69 Å². The monoisotopic (exact) mass is 292 g/mol. The standard InChI is InChI=1S/C14H20N4O3/c1-8-6-7-11(9(8)2)16-14(19)10-4-3-5-12(18(20)21)13(10)17-15/h3-5,8-9,11,17H,6-7,15H2,1-2H3,(H,16,19). The van der Waals surface area contributed by atoms with E-state index < -0.39 is 4.92 Å². The van der Waals surface area contributed by atoms with E-state index in [1.807, 2.05) is 0 Å². The molecule has 1 amide bonds. The summed E-state index contributed by atoms with van der Waals surface area (Å²) in [6.07, 6.45) is 2.00. The van der Waals surface area contributed by atoms with E-state index in [1.54, 1.807) is 0 Å². The van der Waals surface area contributed by atoms with Gasteiger partial charge in [-0.15, -0.1) is 0 Å². The first-order valence-electron chi connectivity index (χ1n) is 7.00. The molecule has 0 aromatic heterocycles. The van der Waals surface area contributed by atoms with Crippen LogP contribution in [0.3, 0.4) is 0 Å². The first kappa shape index (κ1) is 15.2. The van der Waals surface area contributed by atoms with Gasteiger partial charge in [-0.2, -0.15) is 0 Å². The van der Waals surface area contributed by atoms with Gasteiger partial charge in [-0.25, -0.2) is 0 Å². The number of hydrazine groups is 1. The molecular weight excluding hydrogens is 272 g/mol. The van der Waals surface area contributed by atoms with Crippen LogP contribution in [-0.4, -0.2) is 16.9 Å². The van der Waals surface area contributed by atoms with Crippen molar-refractivity contribution in [2.75, 3.05) is 5.43 Å². The maximum absolute atomic E-state index is 12.4. The molecule has 1 aromatic rings. The van der Waals surface area contributed by atoms with Gasteiger partial charge >= 0.3 is 0 Å². The molecule has 114 valence electrons. The minimum absolute atomic E-state index is 0.0405. The number of nitrogens with zero attached hydrogens (tertiary/aromatic N) is 1. The summed E-state index contributed by atoms with van der Waals surface area (Å²) in [5, 5.41) is 13.9. The molecular formula is C14H20N4O3. The maximum atomic E-state index is 12.4. The molecule has 21 heavy (non-hydrogen) atoms. The second-order valence-corrected chi connectivity index (χ2v) is 5.59. The van der Waals surface area contributed by atoms with Crippen LogP contribution < -0.4 is 16.6 Å². The van der Waals surface area contributed by atoms with Crippen LogP contribution in [-0.2, 0) is 0 Å². The van der Waals surface area contributed by atoms with Gasteiger partial charge < -0.3 is 10.7 Å². The van der Waals surface area contributed by atoms with Crippen molar-refractivity contribution < 1.29 is 9.72 Å². The van der Waals surface area contributed by atoms with Gasteiger partial charge in [0.05, 0.1) is 10.5 Å². The fourth-order valence-electron chi connectivity index (χ4n) is 2.85. The predicted molar refractivity (Wildman–Crippen MR) is 79.7 cm³/mol. The van der Waals surface area contributed by atoms with Gasteiger partial charge in [-0.05, 0) is 30.7 Å². The molecule has 1 fully saturated rings. The highest BCUT2D eigenvalue weighted by Gasteiger charge is 2.32. The number of hydrogen-bond acceptors (Lipinski definition) is 5. The van der Waals surface area contributed by atoms with Crippen molar-refractivity contribution in [3.05, 3.63) is 33.9 Å². The molecule has 7 nitrogen and oxygen atoms in total. The van der Waals surface area contributed by atoms with Crippen molar-refractivity contribution in [2.45, 2.75) is 32.7 Å². The van der Waals surface area contributed by atoms with Crippen molar-refractivity contribution >= 4 is 17.3 Å². The summed E-state index contributed by atoms with van der Waals surface area (Å²) < 4.78 is 0. The van der Waals surface area contributed by atoms with Crippen molar-refractivity contribution in [1.82, 2.24) is 5.32 Å². The molecule has 1 aliphatic rings. The molecule has 0 saturated heterocycles. The Morgan fingerprint density at radius 3 is 2.62 bits per heavy atom. The number of carbonyl (C=O) groups excluding carboxylic acids is 1. The molecule has 1 aliphatic carbocycles. The van der Waals surface area contributed by atoms with Gasteiger partial charge in [0, 0.05) is 12.1 Å². The van der Waals surface area contributed by atoms with Gasteiger partial charge in [0.25, 0.3) is 11.6 Å². The third-order valence-electron chi connectivity index (χ3n) is 4.41. The van der Waals surface area contributed by atoms with Gasteiger partial charge in [0.2, 0.25) is 0 Å². The Bertz CT molecular complexity index is 561. The van der Waals surface area contributed by atoms with Gasteiger partial charge in [-0.3, -0.25) is 20.8 Å². The van der Waals surface area contributed by atoms with Crippen LogP contribution in [0.25, 0.3) is 0 Å². The molecule has 2 rings (SSSR count). The van der Waals surface area contributed by atoms with Crippen molar-refractivity contribution in [2.24, 2.45) is 17.7 Å². The van der Waals surface area contributed by atoms with Crippen LogP contribution in [0.5, 0.6) is 0 Å². The molecule has 3 atom stereocenters. The van der Waals surface area contributed by atoms with Crippen LogP contribution in [0.4, 0.5) is 11.4 Å². The topological polar surface area (TPSA) is 110 Å². The first-order chi connectivity index (χ1) is 9.95. The number of nitro groups is 1. The molecule has 3 unspecified atom stereocenters. The van der Waals surface area contributed by atoms with E-state index in [2.05, 4.69) is 24.6 Å². The average molecular weight is 292 g/mol. The van der Waals surface area contributed by atoms with Gasteiger partial charge in [-0.1, -0.05) is 19.9 Å². The Hall–Kier alpha value is -2.15. The Morgan fingerprint density at radius 2 is 2.10 bits per heavy atom. The van der Waals surface area contributed by atoms with Crippen molar-refractivity contribution in [3.63, 3.8) is 0 Å². The SMILES string of the molecule is CC1CCC(NC(=O)c2cccc([N+](=O)[O-])c2NN)C1C. The number of nitrogens with two attached hydrogens (primary N) is 1. The molecule has 0 spiro atoms. The Kier molecular flexibility index (Phi) is 4.42. The molecule has 0 radical (unpaired) electrons. The van der Waals surface area contributed by atoms with E-state index in [0.717, 1.165) is 12.8 Å². The van der Waals surface area contributed by atoms with E-state index in [1.165, 1.54) is 18.2 Å². The highest BCUT2D eigenvalue weighted by atomic mass is 16.6. The second-order valence-electron chi connectivity index (χ2n) is 5.59. The van der Waals surface area contributed by atoms with E-state index in [0.29, 0.717) is 11.8 Å². The average Bonchev–Trinajstić information content (AvgIpc) is 2.78. The van der Waals surface area contributed by atoms with Crippen LogP contribution in [0, 0.1) is 22.0 Å². The van der Waals surface area contributed by atoms with Gasteiger partial charge in [0.15, 0.2) is 0 Å². The van der Waals surface area contributed by atoms with E-state index in [9.17, 15) is 14.9 Å². The zero-order valence-corrected chi connectivity index (χ0v) is 12.1. The molecule has 0 bridgehead atoms. The lowest BCUT2D eigenvalue weighted by atomic mass is 9.97. The maximum Gasteiger partial charge on any atom is 0.294 e. The number of amides is 1. The zero-order valence-electron chi connectivity index (χ0n) is 12.1. The summed E-state index contributed by atoms with van der Waals surface area (Å²) in [6, 6.07) is 4.42. The molecule has 4 N–H and O–H groups in total. The summed E-state index contributed by atoms with van der Waals surface area (Å²) >= 11 is 0. The summed E-state index contributed by atoms with van der Waals surface area (Å²) in [5.41, 5.74) is 2.29. The minimum Gasteiger partial charge on any atom is -0.349 e. The third-order valence-corrected chi connectivity index (χ3v) is 4.41.